The van der Waals surface area contributed by atoms with Gasteiger partial charge in [-0.25, -0.2) is 9.78 Å². The smallest absolute Gasteiger partial charge is 0.328 e. The number of methoxy groups -OCH3 is 1. The van der Waals surface area contributed by atoms with Crippen LogP contribution in [0.2, 0.25) is 5.02 Å². The summed E-state index contributed by atoms with van der Waals surface area (Å²) in [4.78, 5) is 44.5. The molecule has 0 atom stereocenters. The van der Waals surface area contributed by atoms with E-state index >= 15 is 0 Å². The second-order valence-electron chi connectivity index (χ2n) is 16.0. The van der Waals surface area contributed by atoms with E-state index in [1.165, 1.54) is 5.69 Å². The number of piperazine rings is 1. The third-order valence-corrected chi connectivity index (χ3v) is 13.5. The van der Waals surface area contributed by atoms with Crippen LogP contribution in [0.5, 0.6) is 5.75 Å². The van der Waals surface area contributed by atoms with Crippen LogP contribution in [0.4, 0.5) is 45.0 Å². The summed E-state index contributed by atoms with van der Waals surface area (Å²) in [6.07, 6.45) is 4.12. The van der Waals surface area contributed by atoms with Gasteiger partial charge in [0.1, 0.15) is 17.9 Å². The quantitative estimate of drug-likeness (QED) is 0.144. The van der Waals surface area contributed by atoms with E-state index in [9.17, 15) is 14.2 Å². The molecule has 4 saturated heterocycles. The summed E-state index contributed by atoms with van der Waals surface area (Å²) in [6, 6.07) is 22.0. The van der Waals surface area contributed by atoms with Crippen LogP contribution in [0.3, 0.4) is 0 Å². The molecule has 0 aliphatic carbocycles. The molecule has 5 heterocycles. The Bertz CT molecular complexity index is 2170. The van der Waals surface area contributed by atoms with Gasteiger partial charge in [-0.2, -0.15) is 4.98 Å². The number of hydrogen-bond donors (Lipinski definition) is 3. The van der Waals surface area contributed by atoms with Gasteiger partial charge in [-0.15, -0.1) is 0 Å². The molecule has 4 aliphatic heterocycles. The van der Waals surface area contributed by atoms with Crippen molar-refractivity contribution in [2.24, 2.45) is 5.92 Å². The highest BCUT2D eigenvalue weighted by atomic mass is 35.5. The van der Waals surface area contributed by atoms with Crippen LogP contribution in [0.25, 0.3) is 0 Å². The van der Waals surface area contributed by atoms with Gasteiger partial charge in [0.2, 0.25) is 11.9 Å². The summed E-state index contributed by atoms with van der Waals surface area (Å²) in [5.41, 5.74) is 4.56. The zero-order chi connectivity index (χ0) is 40.4. The van der Waals surface area contributed by atoms with Crippen LogP contribution in [-0.2, 0) is 9.36 Å². The van der Waals surface area contributed by atoms with Gasteiger partial charge in [-0.1, -0.05) is 23.7 Å². The third-order valence-electron chi connectivity index (χ3n) is 11.7. The molecular formula is C42H52ClN10O4P. The van der Waals surface area contributed by atoms with Crippen LogP contribution in [-0.4, -0.2) is 124 Å². The minimum atomic E-state index is -2.54. The average Bonchev–Trinajstić information content (AvgIpc) is 3.21. The Morgan fingerprint density at radius 1 is 0.845 bits per heavy atom. The largest absolute Gasteiger partial charge is 0.494 e. The average molecular weight is 827 g/mol. The van der Waals surface area contributed by atoms with Crippen molar-refractivity contribution in [3.8, 4) is 5.75 Å². The van der Waals surface area contributed by atoms with E-state index in [4.69, 9.17) is 16.3 Å². The van der Waals surface area contributed by atoms with E-state index in [1.54, 1.807) is 31.5 Å². The van der Waals surface area contributed by atoms with Crippen LogP contribution in [0.15, 0.2) is 72.9 Å². The monoisotopic (exact) mass is 826 g/mol. The lowest BCUT2D eigenvalue weighted by atomic mass is 9.97. The van der Waals surface area contributed by atoms with Crippen LogP contribution >= 0.6 is 18.7 Å². The van der Waals surface area contributed by atoms with Crippen molar-refractivity contribution in [2.45, 2.75) is 25.3 Å². The lowest BCUT2D eigenvalue weighted by Crippen LogP contribution is -2.57. The number of carbonyl (C=O) groups excluding carboxylic acids is 2. The minimum absolute atomic E-state index is 0.217. The van der Waals surface area contributed by atoms with Gasteiger partial charge in [0, 0.05) is 112 Å². The third kappa shape index (κ3) is 9.05. The highest BCUT2D eigenvalue weighted by Gasteiger charge is 2.33. The second-order valence-corrected chi connectivity index (χ2v) is 19.6. The van der Waals surface area contributed by atoms with Crippen molar-refractivity contribution in [3.05, 3.63) is 77.9 Å². The second kappa shape index (κ2) is 17.1. The van der Waals surface area contributed by atoms with E-state index in [1.807, 2.05) is 42.5 Å². The van der Waals surface area contributed by atoms with Crippen molar-refractivity contribution in [1.29, 1.82) is 0 Å². The fourth-order valence-electron chi connectivity index (χ4n) is 8.51. The number of piperidine rings is 1. The fraction of sp³-hybridized carbons (Fsp3) is 0.429. The SMILES string of the molecule is COc1cc(N2CCC(N3CCN(CC4CN(c5ccc(N6CCC(=O)NC6=O)cc5)C4)CC3)CC2)ccc1Nc1ncc(Cl)c(Nc2ccccc2P(C)(C)=O)n1. The zero-order valence-electron chi connectivity index (χ0n) is 33.4. The molecule has 8 rings (SSSR count). The number of nitrogens with zero attached hydrogens (tertiary/aromatic N) is 7. The molecule has 3 amide bonds. The molecule has 1 aromatic heterocycles. The maximum absolute atomic E-state index is 12.9. The van der Waals surface area contributed by atoms with Gasteiger partial charge in [-0.3, -0.25) is 19.9 Å². The Labute approximate surface area is 345 Å². The molecule has 16 heteroatoms. The molecule has 0 spiro atoms. The predicted octanol–water partition coefficient (Wildman–Crippen LogP) is 6.04. The number of aromatic nitrogens is 2. The molecule has 0 radical (unpaired) electrons. The Balaban J connectivity index is 0.784. The van der Waals surface area contributed by atoms with Gasteiger partial charge in [0.05, 0.1) is 24.7 Å². The van der Waals surface area contributed by atoms with E-state index in [0.717, 1.165) is 94.1 Å². The first kappa shape index (κ1) is 39.9. The van der Waals surface area contributed by atoms with Gasteiger partial charge < -0.3 is 34.6 Å². The molecule has 0 unspecified atom stereocenters. The summed E-state index contributed by atoms with van der Waals surface area (Å²) < 4.78 is 18.7. The number of benzene rings is 3. The fourth-order valence-corrected chi connectivity index (χ4v) is 9.80. The summed E-state index contributed by atoms with van der Waals surface area (Å²) in [5.74, 6) is 1.91. The summed E-state index contributed by atoms with van der Waals surface area (Å²) >= 11 is 6.49. The van der Waals surface area contributed by atoms with Gasteiger partial charge in [0.25, 0.3) is 0 Å². The van der Waals surface area contributed by atoms with E-state index in [0.29, 0.717) is 53.2 Å². The normalized spacial score (nSPS) is 18.9. The zero-order valence-corrected chi connectivity index (χ0v) is 35.0. The molecule has 4 fully saturated rings. The summed E-state index contributed by atoms with van der Waals surface area (Å²) in [7, 11) is -0.869. The lowest BCUT2D eigenvalue weighted by molar-refractivity contribution is -0.120. The number of hydrogen-bond acceptors (Lipinski definition) is 12. The molecule has 14 nitrogen and oxygen atoms in total. The number of imide groups is 1. The number of ether oxygens (including phenoxy) is 1. The van der Waals surface area contributed by atoms with Gasteiger partial charge >= 0.3 is 6.03 Å². The first-order valence-electron chi connectivity index (χ1n) is 20.1. The molecule has 0 bridgehead atoms. The maximum atomic E-state index is 12.9. The minimum Gasteiger partial charge on any atom is -0.494 e. The Morgan fingerprint density at radius 2 is 1.55 bits per heavy atom. The van der Waals surface area contributed by atoms with E-state index in [-0.39, 0.29) is 11.9 Å². The van der Waals surface area contributed by atoms with E-state index in [2.05, 4.69) is 69.8 Å². The molecule has 3 aromatic carbocycles. The molecular weight excluding hydrogens is 775 g/mol. The molecule has 0 saturated carbocycles. The van der Waals surface area contributed by atoms with Crippen molar-refractivity contribution >= 4 is 76.2 Å². The van der Waals surface area contributed by atoms with Gasteiger partial charge in [0.15, 0.2) is 5.82 Å². The highest BCUT2D eigenvalue weighted by molar-refractivity contribution is 7.70. The number of halogens is 1. The topological polar surface area (TPSA) is 139 Å². The van der Waals surface area contributed by atoms with Crippen molar-refractivity contribution in [3.63, 3.8) is 0 Å². The molecule has 306 valence electrons. The lowest BCUT2D eigenvalue weighted by Gasteiger charge is -2.46. The highest BCUT2D eigenvalue weighted by Crippen LogP contribution is 2.39. The predicted molar refractivity (Wildman–Crippen MR) is 233 cm³/mol. The number of carbonyl (C=O) groups is 2. The van der Waals surface area contributed by atoms with Crippen LogP contribution in [0, 0.1) is 5.92 Å². The number of rotatable bonds is 12. The van der Waals surface area contributed by atoms with Gasteiger partial charge in [-0.05, 0) is 74.7 Å². The Morgan fingerprint density at radius 3 is 2.26 bits per heavy atom. The number of anilines is 7. The molecule has 3 N–H and O–H groups in total. The van der Waals surface area contributed by atoms with Crippen LogP contribution in [0.1, 0.15) is 19.3 Å². The molecule has 58 heavy (non-hydrogen) atoms. The van der Waals surface area contributed by atoms with Crippen molar-refractivity contribution < 1.29 is 18.9 Å². The maximum Gasteiger partial charge on any atom is 0.328 e. The molecule has 4 aromatic rings. The van der Waals surface area contributed by atoms with Crippen LogP contribution < -0.4 is 40.7 Å². The van der Waals surface area contributed by atoms with E-state index < -0.39 is 7.14 Å². The first-order chi connectivity index (χ1) is 28.0. The van der Waals surface area contributed by atoms with Crippen molar-refractivity contribution in [2.75, 3.05) is 111 Å². The number of para-hydroxylation sites is 1. The standard InChI is InChI=1S/C42H52ClN10O4P/c1-57-37-24-33(12-13-35(37)46-41-44-25-34(43)40(48-41)45-36-6-4-5-7-38(36)58(2,3)56)50-17-14-31(15-18-50)51-22-20-49(21-23-51)26-29-27-52(28-29)30-8-10-32(11-9-30)53-19-16-39(54)47-42(53)55/h4-13,24-25,29,31H,14-23,26-28H2,1-3H3,(H,47,54,55)(H2,44,45,46,48). The Hall–Kier alpha value is -4.88. The number of urea groups is 1. The number of amides is 3. The summed E-state index contributed by atoms with van der Waals surface area (Å²) in [6.45, 7) is 13.5. The van der Waals surface area contributed by atoms with Crippen molar-refractivity contribution in [1.82, 2.24) is 25.1 Å². The number of nitrogens with one attached hydrogen (secondary N) is 3. The Kier molecular flexibility index (Phi) is 11.8. The first-order valence-corrected chi connectivity index (χ1v) is 23.1. The molecule has 4 aliphatic rings. The summed E-state index contributed by atoms with van der Waals surface area (Å²) in [5, 5.41) is 10.0.